The van der Waals surface area contributed by atoms with Crippen LogP contribution in [0.15, 0.2) is 48.8 Å². The zero-order valence-electron chi connectivity index (χ0n) is 13.2. The Morgan fingerprint density at radius 3 is 2.96 bits per heavy atom. The van der Waals surface area contributed by atoms with E-state index in [1.165, 1.54) is 6.07 Å². The van der Waals surface area contributed by atoms with Gasteiger partial charge in [-0.1, -0.05) is 18.2 Å². The number of nitrogens with zero attached hydrogens (tertiary/aromatic N) is 2. The molecular weight excluding hydrogens is 306 g/mol. The second kappa shape index (κ2) is 5.63. The summed E-state index contributed by atoms with van der Waals surface area (Å²) in [5, 5.41) is 15.0. The maximum atomic E-state index is 11.5. The van der Waals surface area contributed by atoms with Gasteiger partial charge in [-0.2, -0.15) is 0 Å². The van der Waals surface area contributed by atoms with E-state index in [0.29, 0.717) is 11.4 Å². The molecule has 3 atom stereocenters. The first kappa shape index (κ1) is 14.7. The minimum atomic E-state index is -0.312. The van der Waals surface area contributed by atoms with Crippen LogP contribution in [0, 0.1) is 16.0 Å². The van der Waals surface area contributed by atoms with E-state index < -0.39 is 0 Å². The molecule has 1 aliphatic carbocycles. The van der Waals surface area contributed by atoms with Crippen molar-refractivity contribution in [2.24, 2.45) is 5.92 Å². The van der Waals surface area contributed by atoms with Gasteiger partial charge in [-0.3, -0.25) is 15.1 Å². The zero-order chi connectivity index (χ0) is 16.7. The van der Waals surface area contributed by atoms with Crippen LogP contribution in [0.25, 0.3) is 0 Å². The molecule has 0 fully saturated rings. The van der Waals surface area contributed by atoms with Crippen molar-refractivity contribution in [2.75, 3.05) is 12.4 Å². The van der Waals surface area contributed by atoms with Crippen molar-refractivity contribution >= 4 is 11.4 Å². The first-order valence-corrected chi connectivity index (χ1v) is 7.89. The Kier molecular flexibility index (Phi) is 3.45. The van der Waals surface area contributed by atoms with Crippen LogP contribution < -0.4 is 10.1 Å². The van der Waals surface area contributed by atoms with Crippen molar-refractivity contribution in [3.8, 4) is 5.75 Å². The molecule has 1 aromatic carbocycles. The highest BCUT2D eigenvalue weighted by Gasteiger charge is 2.42. The van der Waals surface area contributed by atoms with Gasteiger partial charge in [-0.15, -0.1) is 0 Å². The Hall–Kier alpha value is -2.89. The Bertz CT molecular complexity index is 820. The predicted octanol–water partition coefficient (Wildman–Crippen LogP) is 3.82. The monoisotopic (exact) mass is 323 g/mol. The van der Waals surface area contributed by atoms with E-state index in [0.717, 1.165) is 17.5 Å². The second-order valence-electron chi connectivity index (χ2n) is 6.09. The molecule has 4 rings (SSSR count). The maximum absolute atomic E-state index is 11.5. The van der Waals surface area contributed by atoms with E-state index in [1.54, 1.807) is 19.4 Å². The number of anilines is 1. The van der Waals surface area contributed by atoms with Crippen molar-refractivity contribution in [2.45, 2.75) is 18.4 Å². The lowest BCUT2D eigenvalue weighted by Gasteiger charge is -2.37. The fourth-order valence-electron chi connectivity index (χ4n) is 3.88. The predicted molar refractivity (Wildman–Crippen MR) is 90.2 cm³/mol. The number of methoxy groups -OCH3 is 1. The van der Waals surface area contributed by atoms with Gasteiger partial charge in [0.05, 0.1) is 29.3 Å². The van der Waals surface area contributed by atoms with Crippen LogP contribution in [-0.2, 0) is 0 Å². The summed E-state index contributed by atoms with van der Waals surface area (Å²) in [6.45, 7) is 0. The molecule has 0 bridgehead atoms. The SMILES string of the molecule is COc1ccc([N+](=O)[O-])c2c1N[C@H](c1cccnc1)[C@@H]1CC=C[C@@H]21. The fraction of sp³-hybridized carbons (Fsp3) is 0.278. The molecule has 1 aliphatic heterocycles. The number of allylic oxidation sites excluding steroid dienone is 2. The fourth-order valence-corrected chi connectivity index (χ4v) is 3.88. The minimum absolute atomic E-state index is 0.00181. The van der Waals surface area contributed by atoms with Crippen LogP contribution in [0.3, 0.4) is 0 Å². The lowest BCUT2D eigenvalue weighted by Crippen LogP contribution is -2.30. The van der Waals surface area contributed by atoms with Crippen molar-refractivity contribution in [1.82, 2.24) is 4.98 Å². The van der Waals surface area contributed by atoms with Crippen LogP contribution in [-0.4, -0.2) is 17.0 Å². The molecule has 24 heavy (non-hydrogen) atoms. The molecule has 1 aromatic heterocycles. The standard InChI is InChI=1S/C18H17N3O3/c1-24-15-8-7-14(21(22)23)16-12-5-2-6-13(12)17(20-18(15)16)11-4-3-9-19-10-11/h2-5,7-10,12-13,17,20H,6H2,1H3/t12-,13-,17-/m1/s1. The summed E-state index contributed by atoms with van der Waals surface area (Å²) in [7, 11) is 1.58. The molecular formula is C18H17N3O3. The Morgan fingerprint density at radius 2 is 2.25 bits per heavy atom. The van der Waals surface area contributed by atoms with Crippen LogP contribution in [0.4, 0.5) is 11.4 Å². The summed E-state index contributed by atoms with van der Waals surface area (Å²) in [6, 6.07) is 7.18. The molecule has 0 unspecified atom stereocenters. The Balaban J connectivity index is 1.90. The Morgan fingerprint density at radius 1 is 1.38 bits per heavy atom. The van der Waals surface area contributed by atoms with Gasteiger partial charge in [-0.05, 0) is 30.0 Å². The van der Waals surface area contributed by atoms with Gasteiger partial charge in [0.2, 0.25) is 0 Å². The van der Waals surface area contributed by atoms with Gasteiger partial charge < -0.3 is 10.1 Å². The van der Waals surface area contributed by atoms with Crippen LogP contribution >= 0.6 is 0 Å². The van der Waals surface area contributed by atoms with Crippen molar-refractivity contribution < 1.29 is 9.66 Å². The highest BCUT2D eigenvalue weighted by atomic mass is 16.6. The molecule has 6 heteroatoms. The number of nitrogens with one attached hydrogen (secondary N) is 1. The van der Waals surface area contributed by atoms with Crippen molar-refractivity contribution in [3.63, 3.8) is 0 Å². The van der Waals surface area contributed by atoms with Gasteiger partial charge in [-0.25, -0.2) is 0 Å². The molecule has 122 valence electrons. The third-order valence-electron chi connectivity index (χ3n) is 4.92. The number of benzene rings is 1. The van der Waals surface area contributed by atoms with Gasteiger partial charge in [0.1, 0.15) is 5.75 Å². The molecule has 6 nitrogen and oxygen atoms in total. The number of fused-ring (bicyclic) bond motifs is 3. The van der Waals surface area contributed by atoms with E-state index in [4.69, 9.17) is 4.74 Å². The number of ether oxygens (including phenoxy) is 1. The van der Waals surface area contributed by atoms with Crippen molar-refractivity contribution in [1.29, 1.82) is 0 Å². The minimum Gasteiger partial charge on any atom is -0.495 e. The largest absolute Gasteiger partial charge is 0.495 e. The quantitative estimate of drug-likeness (QED) is 0.528. The van der Waals surface area contributed by atoms with Gasteiger partial charge >= 0.3 is 0 Å². The number of nitro benzene ring substituents is 1. The summed E-state index contributed by atoms with van der Waals surface area (Å²) in [6.07, 6.45) is 8.67. The summed E-state index contributed by atoms with van der Waals surface area (Å²) in [5.41, 5.74) is 2.66. The molecule has 2 aromatic rings. The molecule has 0 radical (unpaired) electrons. The van der Waals surface area contributed by atoms with E-state index in [2.05, 4.69) is 22.5 Å². The highest BCUT2D eigenvalue weighted by Crippen LogP contribution is 2.54. The van der Waals surface area contributed by atoms with E-state index >= 15 is 0 Å². The first-order chi connectivity index (χ1) is 11.7. The number of nitro groups is 1. The van der Waals surface area contributed by atoms with Crippen LogP contribution in [0.2, 0.25) is 0 Å². The lowest BCUT2D eigenvalue weighted by molar-refractivity contribution is -0.385. The number of rotatable bonds is 3. The molecule has 0 saturated heterocycles. The molecule has 2 aliphatic rings. The lowest BCUT2D eigenvalue weighted by atomic mass is 9.76. The summed E-state index contributed by atoms with van der Waals surface area (Å²) >= 11 is 0. The van der Waals surface area contributed by atoms with Crippen LogP contribution in [0.5, 0.6) is 5.75 Å². The molecule has 1 N–H and O–H groups in total. The third kappa shape index (κ3) is 2.14. The van der Waals surface area contributed by atoms with Crippen LogP contribution in [0.1, 0.15) is 29.5 Å². The molecule has 0 spiro atoms. The van der Waals surface area contributed by atoms with E-state index in [9.17, 15) is 10.1 Å². The van der Waals surface area contributed by atoms with E-state index in [1.807, 2.05) is 18.3 Å². The zero-order valence-corrected chi connectivity index (χ0v) is 13.2. The second-order valence-corrected chi connectivity index (χ2v) is 6.09. The van der Waals surface area contributed by atoms with Gasteiger partial charge in [0.15, 0.2) is 0 Å². The summed E-state index contributed by atoms with van der Waals surface area (Å²) < 4.78 is 5.46. The normalized spacial score (nSPS) is 24.0. The average molecular weight is 323 g/mol. The third-order valence-corrected chi connectivity index (χ3v) is 4.92. The van der Waals surface area contributed by atoms with Gasteiger partial charge in [0, 0.05) is 24.4 Å². The van der Waals surface area contributed by atoms with Gasteiger partial charge in [0.25, 0.3) is 5.69 Å². The number of hydrogen-bond donors (Lipinski definition) is 1. The molecule has 0 amide bonds. The first-order valence-electron chi connectivity index (χ1n) is 7.89. The number of pyridine rings is 1. The Labute approximate surface area is 139 Å². The number of aromatic nitrogens is 1. The average Bonchev–Trinajstić information content (AvgIpc) is 3.10. The number of hydrogen-bond acceptors (Lipinski definition) is 5. The molecule has 0 saturated carbocycles. The summed E-state index contributed by atoms with van der Waals surface area (Å²) in [5.74, 6) is 0.859. The maximum Gasteiger partial charge on any atom is 0.275 e. The summed E-state index contributed by atoms with van der Waals surface area (Å²) in [4.78, 5) is 15.4. The topological polar surface area (TPSA) is 77.3 Å². The highest BCUT2D eigenvalue weighted by molar-refractivity contribution is 5.73. The molecule has 2 heterocycles. The smallest absolute Gasteiger partial charge is 0.275 e. The van der Waals surface area contributed by atoms with E-state index in [-0.39, 0.29) is 28.5 Å². The van der Waals surface area contributed by atoms with Crippen molar-refractivity contribution in [3.05, 3.63) is 70.1 Å².